The summed E-state index contributed by atoms with van der Waals surface area (Å²) < 4.78 is 11.1. The number of aromatic amines is 1. The van der Waals surface area contributed by atoms with Gasteiger partial charge in [-0.3, -0.25) is 9.69 Å². The van der Waals surface area contributed by atoms with E-state index in [1.807, 2.05) is 18.2 Å². The average molecular weight is 462 g/mol. The van der Waals surface area contributed by atoms with Gasteiger partial charge in [0.1, 0.15) is 5.82 Å². The summed E-state index contributed by atoms with van der Waals surface area (Å²) in [7, 11) is 3.31. The van der Waals surface area contributed by atoms with Crippen LogP contribution in [0.25, 0.3) is 10.9 Å². The van der Waals surface area contributed by atoms with Gasteiger partial charge in [-0.15, -0.1) is 0 Å². The zero-order valence-corrected chi connectivity index (χ0v) is 19.2. The van der Waals surface area contributed by atoms with Crippen LogP contribution in [0.4, 0.5) is 0 Å². The van der Waals surface area contributed by atoms with Crippen molar-refractivity contribution in [2.75, 3.05) is 20.8 Å². The number of nitrogens with one attached hydrogen (secondary N) is 1. The Morgan fingerprint density at radius 2 is 1.82 bits per heavy atom. The molecule has 1 N–H and O–H groups in total. The molecule has 1 aromatic heterocycles. The number of benzene rings is 3. The van der Waals surface area contributed by atoms with Gasteiger partial charge < -0.3 is 14.5 Å². The van der Waals surface area contributed by atoms with E-state index < -0.39 is 0 Å². The maximum atomic E-state index is 12.7. The molecule has 1 aliphatic rings. The minimum Gasteiger partial charge on any atom is -0.493 e. The van der Waals surface area contributed by atoms with Crippen LogP contribution in [0.5, 0.6) is 11.5 Å². The Morgan fingerprint density at radius 3 is 2.58 bits per heavy atom. The zero-order chi connectivity index (χ0) is 22.9. The van der Waals surface area contributed by atoms with Crippen molar-refractivity contribution in [2.24, 2.45) is 0 Å². The molecule has 0 spiro atoms. The number of nitrogens with zero attached hydrogens (tertiary/aromatic N) is 2. The van der Waals surface area contributed by atoms with Crippen LogP contribution in [0.15, 0.2) is 65.5 Å². The Bertz CT molecular complexity index is 1370. The fourth-order valence-electron chi connectivity index (χ4n) is 4.62. The SMILES string of the molecule is COc1cc2c(cc1OC)C(c1ccccc1)N(Cc1nc3ccc(Cl)cc3c(=O)[nH]1)CC2. The van der Waals surface area contributed by atoms with Crippen LogP contribution in [0.3, 0.4) is 0 Å². The van der Waals surface area contributed by atoms with Crippen LogP contribution in [-0.2, 0) is 13.0 Å². The standard InChI is InChI=1S/C26H24ClN3O3/c1-32-22-12-17-10-11-30(15-24-28-21-9-8-18(27)13-20(21)26(31)29-24)25(16-6-4-3-5-7-16)19(17)14-23(22)33-2/h3-9,12-14,25H,10-11,15H2,1-2H3,(H,28,29,31). The molecule has 4 aromatic rings. The molecule has 33 heavy (non-hydrogen) atoms. The third-order valence-electron chi connectivity index (χ3n) is 6.16. The molecule has 1 aliphatic heterocycles. The van der Waals surface area contributed by atoms with E-state index in [1.54, 1.807) is 32.4 Å². The molecule has 5 rings (SSSR count). The third-order valence-corrected chi connectivity index (χ3v) is 6.39. The molecule has 7 heteroatoms. The molecule has 3 aromatic carbocycles. The lowest BCUT2D eigenvalue weighted by molar-refractivity contribution is 0.198. The summed E-state index contributed by atoms with van der Waals surface area (Å²) in [5.74, 6) is 2.06. The summed E-state index contributed by atoms with van der Waals surface area (Å²) >= 11 is 6.06. The lowest BCUT2D eigenvalue weighted by Gasteiger charge is -2.37. The lowest BCUT2D eigenvalue weighted by Crippen LogP contribution is -2.36. The van der Waals surface area contributed by atoms with Crippen molar-refractivity contribution in [3.8, 4) is 11.5 Å². The summed E-state index contributed by atoms with van der Waals surface area (Å²) in [6.45, 7) is 1.31. The first kappa shape index (κ1) is 21.5. The number of rotatable bonds is 5. The second kappa shape index (κ2) is 8.89. The molecule has 2 heterocycles. The smallest absolute Gasteiger partial charge is 0.258 e. The lowest BCUT2D eigenvalue weighted by atomic mass is 9.87. The molecule has 0 aliphatic carbocycles. The average Bonchev–Trinajstić information content (AvgIpc) is 2.84. The van der Waals surface area contributed by atoms with E-state index in [1.165, 1.54) is 16.7 Å². The molecule has 1 atom stereocenters. The van der Waals surface area contributed by atoms with Crippen molar-refractivity contribution in [3.63, 3.8) is 0 Å². The predicted octanol–water partition coefficient (Wildman–Crippen LogP) is 4.74. The van der Waals surface area contributed by atoms with Crippen LogP contribution in [0, 0.1) is 0 Å². The van der Waals surface area contributed by atoms with Crippen molar-refractivity contribution in [1.82, 2.24) is 14.9 Å². The van der Waals surface area contributed by atoms with Crippen LogP contribution < -0.4 is 15.0 Å². The molecule has 1 unspecified atom stereocenters. The first-order chi connectivity index (χ1) is 16.1. The van der Waals surface area contributed by atoms with E-state index in [0.717, 1.165) is 18.7 Å². The van der Waals surface area contributed by atoms with Gasteiger partial charge in [-0.25, -0.2) is 4.98 Å². The monoisotopic (exact) mass is 461 g/mol. The molecular formula is C26H24ClN3O3. The molecule has 0 bridgehead atoms. The van der Waals surface area contributed by atoms with Crippen LogP contribution in [0.2, 0.25) is 5.02 Å². The Labute approximate surface area is 196 Å². The highest BCUT2D eigenvalue weighted by molar-refractivity contribution is 6.31. The van der Waals surface area contributed by atoms with Gasteiger partial charge >= 0.3 is 0 Å². The maximum absolute atomic E-state index is 12.7. The summed E-state index contributed by atoms with van der Waals surface area (Å²) in [6.07, 6.45) is 0.854. The highest BCUT2D eigenvalue weighted by Crippen LogP contribution is 2.41. The van der Waals surface area contributed by atoms with Gasteiger partial charge in [0.05, 0.1) is 37.7 Å². The van der Waals surface area contributed by atoms with Gasteiger partial charge in [0.15, 0.2) is 11.5 Å². The number of aromatic nitrogens is 2. The topological polar surface area (TPSA) is 67.5 Å². The fraction of sp³-hybridized carbons (Fsp3) is 0.231. The van der Waals surface area contributed by atoms with Crippen molar-refractivity contribution < 1.29 is 9.47 Å². The number of methoxy groups -OCH3 is 2. The largest absolute Gasteiger partial charge is 0.493 e. The molecule has 168 valence electrons. The molecule has 0 saturated heterocycles. The molecule has 6 nitrogen and oxygen atoms in total. The summed E-state index contributed by atoms with van der Waals surface area (Å²) in [5, 5.41) is 1.01. The first-order valence-electron chi connectivity index (χ1n) is 10.8. The molecule has 0 amide bonds. The number of hydrogen-bond acceptors (Lipinski definition) is 5. The predicted molar refractivity (Wildman–Crippen MR) is 129 cm³/mol. The quantitative estimate of drug-likeness (QED) is 0.465. The highest BCUT2D eigenvalue weighted by Gasteiger charge is 2.31. The minimum atomic E-state index is -0.183. The van der Waals surface area contributed by atoms with Gasteiger partial charge in [-0.2, -0.15) is 0 Å². The number of H-pyrrole nitrogens is 1. The van der Waals surface area contributed by atoms with Crippen molar-refractivity contribution in [2.45, 2.75) is 19.0 Å². The first-order valence-corrected chi connectivity index (χ1v) is 11.2. The third kappa shape index (κ3) is 4.08. The summed E-state index contributed by atoms with van der Waals surface area (Å²) in [4.78, 5) is 22.7. The number of halogens is 1. The zero-order valence-electron chi connectivity index (χ0n) is 18.5. The van der Waals surface area contributed by atoms with Crippen LogP contribution in [0.1, 0.15) is 28.6 Å². The van der Waals surface area contributed by atoms with Crippen LogP contribution >= 0.6 is 11.6 Å². The van der Waals surface area contributed by atoms with E-state index >= 15 is 0 Å². The fourth-order valence-corrected chi connectivity index (χ4v) is 4.79. The summed E-state index contributed by atoms with van der Waals surface area (Å²) in [5.41, 5.74) is 4.02. The Kier molecular flexibility index (Phi) is 5.79. The van der Waals surface area contributed by atoms with E-state index in [0.29, 0.717) is 34.0 Å². The van der Waals surface area contributed by atoms with E-state index in [-0.39, 0.29) is 11.6 Å². The molecular weight excluding hydrogens is 438 g/mol. The molecule has 0 radical (unpaired) electrons. The van der Waals surface area contributed by atoms with Gasteiger partial charge in [0, 0.05) is 11.6 Å². The van der Waals surface area contributed by atoms with Crippen LogP contribution in [-0.4, -0.2) is 35.6 Å². The normalized spacial score (nSPS) is 15.9. The van der Waals surface area contributed by atoms with Gasteiger partial charge in [-0.05, 0) is 53.4 Å². The maximum Gasteiger partial charge on any atom is 0.258 e. The number of fused-ring (bicyclic) bond motifs is 2. The second-order valence-corrected chi connectivity index (χ2v) is 8.55. The van der Waals surface area contributed by atoms with Gasteiger partial charge in [-0.1, -0.05) is 41.9 Å². The van der Waals surface area contributed by atoms with Crippen molar-refractivity contribution in [1.29, 1.82) is 0 Å². The molecule has 0 fully saturated rings. The number of hydrogen-bond donors (Lipinski definition) is 1. The summed E-state index contributed by atoms with van der Waals surface area (Å²) in [6, 6.07) is 19.7. The van der Waals surface area contributed by atoms with Gasteiger partial charge in [0.2, 0.25) is 0 Å². The van der Waals surface area contributed by atoms with Gasteiger partial charge in [0.25, 0.3) is 5.56 Å². The molecule has 0 saturated carbocycles. The highest BCUT2D eigenvalue weighted by atomic mass is 35.5. The Hall–Kier alpha value is -3.35. The van der Waals surface area contributed by atoms with Crippen molar-refractivity contribution in [3.05, 3.63) is 98.6 Å². The van der Waals surface area contributed by atoms with Crippen molar-refractivity contribution >= 4 is 22.5 Å². The van der Waals surface area contributed by atoms with E-state index in [9.17, 15) is 4.79 Å². The second-order valence-electron chi connectivity index (χ2n) is 8.11. The minimum absolute atomic E-state index is 0.0130. The Morgan fingerprint density at radius 1 is 1.06 bits per heavy atom. The Balaban J connectivity index is 1.58. The van der Waals surface area contributed by atoms with E-state index in [4.69, 9.17) is 26.1 Å². The van der Waals surface area contributed by atoms with E-state index in [2.05, 4.69) is 34.1 Å². The number of ether oxygens (including phenoxy) is 2.